The van der Waals surface area contributed by atoms with Gasteiger partial charge in [0.15, 0.2) is 0 Å². The number of ether oxygens (including phenoxy) is 1. The first-order valence-electron chi connectivity index (χ1n) is 8.40. The molecule has 0 radical (unpaired) electrons. The van der Waals surface area contributed by atoms with Gasteiger partial charge in [-0.25, -0.2) is 4.57 Å². The van der Waals surface area contributed by atoms with Gasteiger partial charge in [-0.3, -0.25) is 14.0 Å². The number of nitrogens with one attached hydrogen (secondary N) is 1. The van der Waals surface area contributed by atoms with Gasteiger partial charge in [-0.2, -0.15) is 0 Å². The minimum absolute atomic E-state index is 0.245. The van der Waals surface area contributed by atoms with Crippen molar-refractivity contribution < 1.29 is 14.1 Å². The third-order valence-electron chi connectivity index (χ3n) is 4.20. The van der Waals surface area contributed by atoms with Crippen molar-refractivity contribution in [1.29, 1.82) is 0 Å². The summed E-state index contributed by atoms with van der Waals surface area (Å²) in [5, 5.41) is 3.06. The van der Waals surface area contributed by atoms with Gasteiger partial charge >= 0.3 is 0 Å². The molecule has 136 valence electrons. The van der Waals surface area contributed by atoms with E-state index in [-0.39, 0.29) is 22.8 Å². The summed E-state index contributed by atoms with van der Waals surface area (Å²) in [4.78, 5) is 30.0. The average Bonchev–Trinajstić information content (AvgIpc) is 2.62. The number of nitrogens with two attached hydrogens (primary N) is 1. The van der Waals surface area contributed by atoms with E-state index in [9.17, 15) is 9.59 Å². The third-order valence-corrected chi connectivity index (χ3v) is 4.20. The number of hydrogen-bond acceptors (Lipinski definition) is 5. The molecular weight excluding hydrogens is 334 g/mol. The molecule has 3 rings (SSSR count). The van der Waals surface area contributed by atoms with Crippen LogP contribution in [0.3, 0.4) is 0 Å². The first-order chi connectivity index (χ1) is 12.5. The molecule has 3 N–H and O–H groups in total. The Kier molecular flexibility index (Phi) is 4.85. The minimum atomic E-state index is -0.327. The molecule has 1 amide bonds. The number of rotatable bonds is 5. The lowest BCUT2D eigenvalue weighted by Crippen LogP contribution is -2.44. The van der Waals surface area contributed by atoms with Gasteiger partial charge in [0.05, 0.1) is 13.2 Å². The van der Waals surface area contributed by atoms with Crippen molar-refractivity contribution in [2.75, 3.05) is 26.0 Å². The number of methoxy groups -OCH3 is 1. The summed E-state index contributed by atoms with van der Waals surface area (Å²) in [6.07, 6.45) is 1.73. The van der Waals surface area contributed by atoms with Crippen molar-refractivity contribution in [3.05, 3.63) is 45.9 Å². The standard InChI is InChI=1S/C18H21N5O3/c1-4-20-17(24)12-9-13-16(22(15(12)19)7-8-26-3)21-14-6-5-11(2)10-23(14)18(13)25/h5-6,9-10,19H,4,7-8H2,1-3H3,(H,20,24)/p+1. The summed E-state index contributed by atoms with van der Waals surface area (Å²) in [5.74, 6) is -0.0735. The van der Waals surface area contributed by atoms with E-state index >= 15 is 0 Å². The maximum absolute atomic E-state index is 13.0. The normalized spacial score (nSPS) is 11.2. The molecule has 3 heterocycles. The highest BCUT2D eigenvalue weighted by Crippen LogP contribution is 2.15. The van der Waals surface area contributed by atoms with E-state index in [0.717, 1.165) is 5.56 Å². The van der Waals surface area contributed by atoms with E-state index in [2.05, 4.69) is 10.3 Å². The number of amides is 1. The summed E-state index contributed by atoms with van der Waals surface area (Å²) in [7, 11) is 1.58. The van der Waals surface area contributed by atoms with Gasteiger partial charge in [0.1, 0.15) is 10.9 Å². The zero-order valence-electron chi connectivity index (χ0n) is 15.1. The van der Waals surface area contributed by atoms with Crippen molar-refractivity contribution in [3.8, 4) is 0 Å². The second-order valence-corrected chi connectivity index (χ2v) is 6.04. The van der Waals surface area contributed by atoms with E-state index < -0.39 is 0 Å². The summed E-state index contributed by atoms with van der Waals surface area (Å²) >= 11 is 0. The van der Waals surface area contributed by atoms with Gasteiger partial charge in [-0.1, -0.05) is 11.1 Å². The molecule has 0 aliphatic heterocycles. The highest BCUT2D eigenvalue weighted by Gasteiger charge is 2.24. The van der Waals surface area contributed by atoms with E-state index in [1.807, 2.05) is 19.9 Å². The molecule has 0 atom stereocenters. The smallest absolute Gasteiger partial charge is 0.278 e. The fraction of sp³-hybridized carbons (Fsp3) is 0.333. The zero-order chi connectivity index (χ0) is 18.8. The van der Waals surface area contributed by atoms with Crippen LogP contribution in [-0.4, -0.2) is 35.6 Å². The molecular formula is C18H22N5O3+. The summed E-state index contributed by atoms with van der Waals surface area (Å²) in [6.45, 7) is 4.93. The molecule has 26 heavy (non-hydrogen) atoms. The molecule has 3 aromatic heterocycles. The zero-order valence-corrected chi connectivity index (χ0v) is 15.1. The van der Waals surface area contributed by atoms with E-state index in [4.69, 9.17) is 10.5 Å². The summed E-state index contributed by atoms with van der Waals surface area (Å²) < 4.78 is 8.28. The predicted molar refractivity (Wildman–Crippen MR) is 98.2 cm³/mol. The minimum Gasteiger partial charge on any atom is -0.381 e. The van der Waals surface area contributed by atoms with Gasteiger partial charge < -0.3 is 15.8 Å². The maximum Gasteiger partial charge on any atom is 0.278 e. The number of fused-ring (bicyclic) bond motifs is 2. The molecule has 0 spiro atoms. The second kappa shape index (κ2) is 7.09. The highest BCUT2D eigenvalue weighted by molar-refractivity contribution is 6.00. The van der Waals surface area contributed by atoms with Crippen molar-refractivity contribution in [1.82, 2.24) is 14.7 Å². The number of hydrogen-bond donors (Lipinski definition) is 2. The maximum atomic E-state index is 13.0. The molecule has 0 fully saturated rings. The Balaban J connectivity index is 2.40. The molecule has 0 bridgehead atoms. The van der Waals surface area contributed by atoms with Gasteiger partial charge in [-0.15, -0.1) is 0 Å². The monoisotopic (exact) mass is 356 g/mol. The number of nitrogen functional groups attached to an aromatic ring is 1. The van der Waals surface area contributed by atoms with Gasteiger partial charge in [0.25, 0.3) is 17.1 Å². The SMILES string of the molecule is CCNC(=O)c1cc2c(=O)n3cc(C)ccc3nc2[n+](CCOC)c1N. The first kappa shape index (κ1) is 17.8. The van der Waals surface area contributed by atoms with Crippen molar-refractivity contribution in [3.63, 3.8) is 0 Å². The lowest BCUT2D eigenvalue weighted by atomic mass is 10.1. The number of carbonyl (C=O) groups excluding carboxylic acids is 1. The van der Waals surface area contributed by atoms with E-state index in [1.165, 1.54) is 10.5 Å². The van der Waals surface area contributed by atoms with Crippen LogP contribution in [0.4, 0.5) is 5.82 Å². The average molecular weight is 356 g/mol. The Hall–Kier alpha value is -3.00. The topological polar surface area (TPSA) is 103 Å². The van der Waals surface area contributed by atoms with Crippen LogP contribution in [0.1, 0.15) is 22.8 Å². The molecule has 0 aliphatic rings. The number of anilines is 1. The molecule has 0 saturated carbocycles. The van der Waals surface area contributed by atoms with Gasteiger partial charge in [-0.05, 0) is 31.5 Å². The van der Waals surface area contributed by atoms with Crippen LogP contribution in [0.15, 0.2) is 29.2 Å². The summed E-state index contributed by atoms with van der Waals surface area (Å²) in [6, 6.07) is 5.19. The Labute approximate surface area is 150 Å². The highest BCUT2D eigenvalue weighted by atomic mass is 16.5. The fourth-order valence-corrected chi connectivity index (χ4v) is 2.90. The Morgan fingerprint density at radius 3 is 2.88 bits per heavy atom. The van der Waals surface area contributed by atoms with Crippen LogP contribution in [0.2, 0.25) is 0 Å². The van der Waals surface area contributed by atoms with E-state index in [0.29, 0.717) is 36.4 Å². The van der Waals surface area contributed by atoms with Crippen molar-refractivity contribution in [2.24, 2.45) is 0 Å². The fourth-order valence-electron chi connectivity index (χ4n) is 2.90. The molecule has 8 heteroatoms. The number of pyridine rings is 2. The van der Waals surface area contributed by atoms with Crippen LogP contribution in [0.5, 0.6) is 0 Å². The molecule has 0 aromatic carbocycles. The number of aromatic nitrogens is 3. The second-order valence-electron chi connectivity index (χ2n) is 6.04. The Morgan fingerprint density at radius 1 is 1.42 bits per heavy atom. The van der Waals surface area contributed by atoms with Crippen LogP contribution >= 0.6 is 0 Å². The first-order valence-corrected chi connectivity index (χ1v) is 8.40. The quantitative estimate of drug-likeness (QED) is 0.510. The van der Waals surface area contributed by atoms with Gasteiger partial charge in [0.2, 0.25) is 11.5 Å². The van der Waals surface area contributed by atoms with Gasteiger partial charge in [0, 0.05) is 19.9 Å². The molecule has 0 aliphatic carbocycles. The lowest BCUT2D eigenvalue weighted by Gasteiger charge is -2.12. The van der Waals surface area contributed by atoms with Crippen LogP contribution in [0, 0.1) is 6.92 Å². The molecule has 0 saturated heterocycles. The van der Waals surface area contributed by atoms with Crippen molar-refractivity contribution >= 4 is 28.4 Å². The number of nitrogens with zero attached hydrogens (tertiary/aromatic N) is 3. The van der Waals surface area contributed by atoms with Crippen LogP contribution < -0.4 is 21.2 Å². The van der Waals surface area contributed by atoms with Crippen LogP contribution in [0.25, 0.3) is 16.7 Å². The Morgan fingerprint density at radius 2 is 2.19 bits per heavy atom. The predicted octanol–water partition coefficient (Wildman–Crippen LogP) is 0.422. The van der Waals surface area contributed by atoms with Crippen LogP contribution in [-0.2, 0) is 11.3 Å². The lowest BCUT2D eigenvalue weighted by molar-refractivity contribution is -0.660. The number of carbonyl (C=O) groups is 1. The molecule has 3 aromatic rings. The molecule has 0 unspecified atom stereocenters. The number of aryl methyl sites for hydroxylation is 1. The third kappa shape index (κ3) is 2.99. The summed E-state index contributed by atoms with van der Waals surface area (Å²) in [5.41, 5.74) is 8.13. The largest absolute Gasteiger partial charge is 0.381 e. The van der Waals surface area contributed by atoms with Crippen molar-refractivity contribution in [2.45, 2.75) is 20.4 Å². The Bertz CT molecular complexity index is 1060. The molecule has 8 nitrogen and oxygen atoms in total. The van der Waals surface area contributed by atoms with E-state index in [1.54, 1.807) is 23.9 Å².